The maximum Gasteiger partial charge on any atom is 0.133 e. The van der Waals surface area contributed by atoms with Crippen LogP contribution in [0.15, 0.2) is 18.2 Å². The molecular weight excluding hydrogens is 290 g/mol. The number of aryl methyl sites for hydroxylation is 1. The highest BCUT2D eigenvalue weighted by Crippen LogP contribution is 2.31. The minimum Gasteiger partial charge on any atom is -0.310 e. The molecule has 0 bridgehead atoms. The largest absolute Gasteiger partial charge is 0.310 e. The number of hydrogen-bond donors (Lipinski definition) is 1. The molecule has 2 aromatic rings. The van der Waals surface area contributed by atoms with Gasteiger partial charge in [-0.15, -0.1) is 11.3 Å². The molecule has 21 heavy (non-hydrogen) atoms. The molecule has 0 atom stereocenters. The summed E-state index contributed by atoms with van der Waals surface area (Å²) in [5.41, 5.74) is 1.22. The first kappa shape index (κ1) is 16.0. The van der Waals surface area contributed by atoms with Crippen LogP contribution in [0.5, 0.6) is 0 Å². The second kappa shape index (κ2) is 7.09. The van der Waals surface area contributed by atoms with E-state index < -0.39 is 11.6 Å². The summed E-state index contributed by atoms with van der Waals surface area (Å²) < 4.78 is 27.2. The first-order chi connectivity index (χ1) is 10.0. The topological polar surface area (TPSA) is 24.9 Å². The number of rotatable bonds is 6. The lowest BCUT2D eigenvalue weighted by Crippen LogP contribution is -2.21. The molecule has 0 saturated heterocycles. The van der Waals surface area contributed by atoms with Crippen molar-refractivity contribution in [3.05, 3.63) is 40.4 Å². The number of thiazole rings is 1. The molecule has 0 saturated carbocycles. The Labute approximate surface area is 128 Å². The summed E-state index contributed by atoms with van der Waals surface area (Å²) in [6.45, 7) is 6.95. The van der Waals surface area contributed by atoms with Gasteiger partial charge in [0.2, 0.25) is 0 Å². The molecule has 0 unspecified atom stereocenters. The van der Waals surface area contributed by atoms with Crippen molar-refractivity contribution in [1.29, 1.82) is 0 Å². The Bertz CT molecular complexity index is 608. The zero-order valence-electron chi connectivity index (χ0n) is 12.5. The standard InChI is InChI=1S/C16H20F2N2S/c1-4-5-14-15(9-19-10(2)3)21-16(20-14)12-8-11(17)6-7-13(12)18/h6-8,10,19H,4-5,9H2,1-3H3. The summed E-state index contributed by atoms with van der Waals surface area (Å²) in [6, 6.07) is 3.86. The van der Waals surface area contributed by atoms with E-state index in [1.807, 2.05) is 0 Å². The van der Waals surface area contributed by atoms with Crippen LogP contribution in [0.2, 0.25) is 0 Å². The predicted octanol–water partition coefficient (Wildman–Crippen LogP) is 4.54. The summed E-state index contributed by atoms with van der Waals surface area (Å²) in [7, 11) is 0. The second-order valence-electron chi connectivity index (χ2n) is 5.30. The van der Waals surface area contributed by atoms with Gasteiger partial charge in [-0.2, -0.15) is 0 Å². The first-order valence-corrected chi connectivity index (χ1v) is 8.00. The molecule has 0 fully saturated rings. The van der Waals surface area contributed by atoms with Crippen molar-refractivity contribution in [2.24, 2.45) is 0 Å². The molecule has 0 spiro atoms. The molecule has 2 nitrogen and oxygen atoms in total. The highest BCUT2D eigenvalue weighted by molar-refractivity contribution is 7.15. The summed E-state index contributed by atoms with van der Waals surface area (Å²) >= 11 is 1.44. The van der Waals surface area contributed by atoms with Crippen molar-refractivity contribution in [2.45, 2.75) is 46.2 Å². The fourth-order valence-corrected chi connectivity index (χ4v) is 3.10. The van der Waals surface area contributed by atoms with Gasteiger partial charge in [0.25, 0.3) is 0 Å². The van der Waals surface area contributed by atoms with E-state index in [1.54, 1.807) is 0 Å². The highest BCUT2D eigenvalue weighted by atomic mass is 32.1. The Morgan fingerprint density at radius 2 is 2.05 bits per heavy atom. The number of halogens is 2. The van der Waals surface area contributed by atoms with Crippen molar-refractivity contribution < 1.29 is 8.78 Å². The van der Waals surface area contributed by atoms with Gasteiger partial charge in [0.15, 0.2) is 0 Å². The Kier molecular flexibility index (Phi) is 5.42. The van der Waals surface area contributed by atoms with Crippen LogP contribution in [0.3, 0.4) is 0 Å². The monoisotopic (exact) mass is 310 g/mol. The van der Waals surface area contributed by atoms with E-state index in [1.165, 1.54) is 17.4 Å². The summed E-state index contributed by atoms with van der Waals surface area (Å²) in [5, 5.41) is 3.91. The number of hydrogen-bond acceptors (Lipinski definition) is 3. The average molecular weight is 310 g/mol. The molecule has 0 aliphatic carbocycles. The van der Waals surface area contributed by atoms with Crippen molar-refractivity contribution in [1.82, 2.24) is 10.3 Å². The third kappa shape index (κ3) is 4.08. The molecule has 2 rings (SSSR count). The predicted molar refractivity (Wildman–Crippen MR) is 83.4 cm³/mol. The molecule has 0 aliphatic rings. The van der Waals surface area contributed by atoms with Gasteiger partial charge in [-0.3, -0.25) is 0 Å². The number of aromatic nitrogens is 1. The van der Waals surface area contributed by atoms with Crippen LogP contribution in [0.4, 0.5) is 8.78 Å². The molecular formula is C16H20F2N2S. The molecule has 5 heteroatoms. The Morgan fingerprint density at radius 1 is 1.29 bits per heavy atom. The smallest absolute Gasteiger partial charge is 0.133 e. The normalized spacial score (nSPS) is 11.3. The van der Waals surface area contributed by atoms with Crippen molar-refractivity contribution in [3.63, 3.8) is 0 Å². The maximum absolute atomic E-state index is 13.9. The molecule has 114 valence electrons. The molecule has 1 N–H and O–H groups in total. The fraction of sp³-hybridized carbons (Fsp3) is 0.438. The van der Waals surface area contributed by atoms with Gasteiger partial charge >= 0.3 is 0 Å². The molecule has 0 aliphatic heterocycles. The van der Waals surface area contributed by atoms with Crippen LogP contribution in [-0.2, 0) is 13.0 Å². The lowest BCUT2D eigenvalue weighted by Gasteiger charge is -2.07. The second-order valence-corrected chi connectivity index (χ2v) is 6.38. The Hall–Kier alpha value is -1.33. The van der Waals surface area contributed by atoms with Crippen molar-refractivity contribution in [3.8, 4) is 10.6 Å². The van der Waals surface area contributed by atoms with Crippen molar-refractivity contribution >= 4 is 11.3 Å². The van der Waals surface area contributed by atoms with Gasteiger partial charge < -0.3 is 5.32 Å². The van der Waals surface area contributed by atoms with Gasteiger partial charge in [0.05, 0.1) is 5.69 Å². The van der Waals surface area contributed by atoms with Gasteiger partial charge in [0, 0.05) is 23.0 Å². The minimum absolute atomic E-state index is 0.244. The summed E-state index contributed by atoms with van der Waals surface area (Å²) in [5.74, 6) is -0.878. The van der Waals surface area contributed by atoms with Crippen LogP contribution < -0.4 is 5.32 Å². The highest BCUT2D eigenvalue weighted by Gasteiger charge is 2.15. The van der Waals surface area contributed by atoms with Crippen LogP contribution in [-0.4, -0.2) is 11.0 Å². The van der Waals surface area contributed by atoms with Gasteiger partial charge in [0.1, 0.15) is 16.6 Å². The summed E-state index contributed by atoms with van der Waals surface area (Å²) in [6.07, 6.45) is 1.83. The third-order valence-electron chi connectivity index (χ3n) is 3.09. The number of nitrogens with zero attached hydrogens (tertiary/aromatic N) is 1. The zero-order valence-corrected chi connectivity index (χ0v) is 13.4. The lowest BCUT2D eigenvalue weighted by molar-refractivity contribution is 0.589. The van der Waals surface area contributed by atoms with E-state index in [0.717, 1.165) is 35.5 Å². The summed E-state index contributed by atoms with van der Waals surface area (Å²) in [4.78, 5) is 5.62. The minimum atomic E-state index is -0.444. The quantitative estimate of drug-likeness (QED) is 0.847. The first-order valence-electron chi connectivity index (χ1n) is 7.18. The van der Waals surface area contributed by atoms with Gasteiger partial charge in [-0.05, 0) is 24.6 Å². The Balaban J connectivity index is 2.35. The van der Waals surface area contributed by atoms with E-state index >= 15 is 0 Å². The Morgan fingerprint density at radius 3 is 2.71 bits per heavy atom. The van der Waals surface area contributed by atoms with Gasteiger partial charge in [-0.1, -0.05) is 27.2 Å². The SMILES string of the molecule is CCCc1nc(-c2cc(F)ccc2F)sc1CNC(C)C. The van der Waals surface area contributed by atoms with E-state index in [0.29, 0.717) is 17.6 Å². The zero-order chi connectivity index (χ0) is 15.4. The lowest BCUT2D eigenvalue weighted by atomic mass is 10.2. The molecule has 1 aromatic carbocycles. The van der Waals surface area contributed by atoms with E-state index in [-0.39, 0.29) is 5.56 Å². The van der Waals surface area contributed by atoms with Crippen LogP contribution in [0, 0.1) is 11.6 Å². The van der Waals surface area contributed by atoms with Crippen LogP contribution in [0.25, 0.3) is 10.6 Å². The number of benzene rings is 1. The van der Waals surface area contributed by atoms with Crippen LogP contribution in [0.1, 0.15) is 37.8 Å². The van der Waals surface area contributed by atoms with Gasteiger partial charge in [-0.25, -0.2) is 13.8 Å². The van der Waals surface area contributed by atoms with E-state index in [2.05, 4.69) is 31.1 Å². The maximum atomic E-state index is 13.9. The van der Waals surface area contributed by atoms with Crippen LogP contribution >= 0.6 is 11.3 Å². The molecule has 0 amide bonds. The molecule has 1 heterocycles. The average Bonchev–Trinajstić information content (AvgIpc) is 2.83. The fourth-order valence-electron chi connectivity index (χ4n) is 2.03. The third-order valence-corrected chi connectivity index (χ3v) is 4.23. The van der Waals surface area contributed by atoms with E-state index in [4.69, 9.17) is 0 Å². The van der Waals surface area contributed by atoms with Crippen molar-refractivity contribution in [2.75, 3.05) is 0 Å². The molecule has 0 radical (unpaired) electrons. The number of nitrogens with one attached hydrogen (secondary N) is 1. The molecule has 1 aromatic heterocycles. The van der Waals surface area contributed by atoms with E-state index in [9.17, 15) is 8.78 Å².